The van der Waals surface area contributed by atoms with Crippen molar-refractivity contribution in [2.75, 3.05) is 6.61 Å². The quantitative estimate of drug-likeness (QED) is 0.280. The molecule has 3 fully saturated rings. The van der Waals surface area contributed by atoms with Gasteiger partial charge in [0, 0.05) is 0 Å². The highest BCUT2D eigenvalue weighted by molar-refractivity contribution is 5.08. The molecule has 3 rings (SSSR count). The van der Waals surface area contributed by atoms with Gasteiger partial charge in [-0.25, -0.2) is 0 Å². The van der Waals surface area contributed by atoms with Crippen LogP contribution in [0.2, 0.25) is 0 Å². The van der Waals surface area contributed by atoms with Crippen molar-refractivity contribution in [3.8, 4) is 0 Å². The van der Waals surface area contributed by atoms with E-state index in [1.54, 1.807) is 5.57 Å². The van der Waals surface area contributed by atoms with Gasteiger partial charge in [0.25, 0.3) is 0 Å². The molecule has 3 saturated carbocycles. The predicted molar refractivity (Wildman–Crippen MR) is 196 cm³/mol. The molecule has 2 N–H and O–H groups in total. The SMILES string of the molecule is C/C(=C\C1CC(C)CC(C)(C)C1)C(C)O.C/C(=C\C1CC(C)CC(C)(C)C1)CO.CCC(=CC1CC(C)CC(C)(C)C1)CC. The largest absolute Gasteiger partial charge is 0.392 e. The molecule has 0 amide bonds. The van der Waals surface area contributed by atoms with Gasteiger partial charge in [0.1, 0.15) is 0 Å². The first kappa shape index (κ1) is 41.2. The summed E-state index contributed by atoms with van der Waals surface area (Å²) in [6, 6.07) is 0. The second-order valence-electron chi connectivity index (χ2n) is 18.3. The third-order valence-electron chi connectivity index (χ3n) is 10.6. The Morgan fingerprint density at radius 3 is 1.27 bits per heavy atom. The van der Waals surface area contributed by atoms with Gasteiger partial charge in [0.05, 0.1) is 12.7 Å². The third-order valence-corrected chi connectivity index (χ3v) is 10.6. The maximum atomic E-state index is 9.48. The first-order chi connectivity index (χ1) is 20.2. The van der Waals surface area contributed by atoms with E-state index < -0.39 is 0 Å². The number of hydrogen-bond donors (Lipinski definition) is 2. The third kappa shape index (κ3) is 16.6. The average Bonchev–Trinajstić information content (AvgIpc) is 2.84. The molecule has 0 aromatic rings. The first-order valence-corrected chi connectivity index (χ1v) is 18.5. The number of aliphatic hydroxyl groups excluding tert-OH is 2. The Kier molecular flexibility index (Phi) is 17.3. The van der Waals surface area contributed by atoms with E-state index in [1.165, 1.54) is 70.6 Å². The Bertz CT molecular complexity index is 872. The number of aliphatic hydroxyl groups is 2. The maximum absolute atomic E-state index is 9.48. The molecule has 7 atom stereocenters. The standard InChI is InChI=1S/C15H28.C14H26O.C13H24O/c1-6-13(7-2)9-14-8-12(3)10-15(4,5)11-14;1-10-6-13(7-11(2)12(3)15)9-14(4,5)8-10;1-10-5-12(6-11(2)9-14)8-13(3,4)7-10/h9,12,14H,6-8,10-11H2,1-5H3;7,10,12-13,15H,6,8-9H2,1-5H3;6,10,12,14H,5,7-9H2,1-4H3/b;11-7+;11-6+. The molecular weight excluding hydrogens is 536 g/mol. The molecule has 258 valence electrons. The van der Waals surface area contributed by atoms with Crippen LogP contribution in [0.5, 0.6) is 0 Å². The van der Waals surface area contributed by atoms with E-state index in [4.69, 9.17) is 5.11 Å². The minimum atomic E-state index is -0.287. The maximum Gasteiger partial charge on any atom is 0.0719 e. The van der Waals surface area contributed by atoms with Crippen LogP contribution in [-0.2, 0) is 0 Å². The monoisotopic (exact) mass is 615 g/mol. The van der Waals surface area contributed by atoms with E-state index in [0.717, 1.165) is 34.8 Å². The summed E-state index contributed by atoms with van der Waals surface area (Å²) in [7, 11) is 0. The van der Waals surface area contributed by atoms with Gasteiger partial charge in [-0.15, -0.1) is 0 Å². The van der Waals surface area contributed by atoms with Gasteiger partial charge < -0.3 is 10.2 Å². The van der Waals surface area contributed by atoms with E-state index in [9.17, 15) is 5.11 Å². The van der Waals surface area contributed by atoms with Crippen LogP contribution < -0.4 is 0 Å². The second kappa shape index (κ2) is 18.5. The highest BCUT2D eigenvalue weighted by Gasteiger charge is 2.32. The van der Waals surface area contributed by atoms with Gasteiger partial charge in [0.15, 0.2) is 0 Å². The fraction of sp³-hybridized carbons (Fsp3) is 0.857. The summed E-state index contributed by atoms with van der Waals surface area (Å²) in [6.45, 7) is 32.1. The molecule has 0 heterocycles. The number of hydrogen-bond acceptors (Lipinski definition) is 2. The Morgan fingerprint density at radius 1 is 0.636 bits per heavy atom. The summed E-state index contributed by atoms with van der Waals surface area (Å²) in [4.78, 5) is 0. The van der Waals surface area contributed by atoms with Crippen LogP contribution in [0.25, 0.3) is 0 Å². The van der Waals surface area contributed by atoms with Gasteiger partial charge >= 0.3 is 0 Å². The van der Waals surface area contributed by atoms with Crippen molar-refractivity contribution >= 4 is 0 Å². The lowest BCUT2D eigenvalue weighted by Gasteiger charge is -2.38. The van der Waals surface area contributed by atoms with Crippen molar-refractivity contribution in [2.45, 2.75) is 174 Å². The minimum absolute atomic E-state index is 0.214. The van der Waals surface area contributed by atoms with Gasteiger partial charge in [-0.2, -0.15) is 0 Å². The summed E-state index contributed by atoms with van der Waals surface area (Å²) in [5.74, 6) is 4.74. The second-order valence-corrected chi connectivity index (χ2v) is 18.3. The Labute approximate surface area is 276 Å². The highest BCUT2D eigenvalue weighted by atomic mass is 16.3. The van der Waals surface area contributed by atoms with E-state index in [2.05, 4.69) is 94.4 Å². The van der Waals surface area contributed by atoms with Gasteiger partial charge in [-0.1, -0.05) is 106 Å². The molecule has 2 nitrogen and oxygen atoms in total. The van der Waals surface area contributed by atoms with Gasteiger partial charge in [0.2, 0.25) is 0 Å². The molecular formula is C42H78O2. The summed E-state index contributed by atoms with van der Waals surface area (Å²) < 4.78 is 0. The Morgan fingerprint density at radius 2 is 0.977 bits per heavy atom. The van der Waals surface area contributed by atoms with Crippen LogP contribution in [0, 0.1) is 51.8 Å². The molecule has 0 aromatic heterocycles. The fourth-order valence-corrected chi connectivity index (χ4v) is 9.43. The highest BCUT2D eigenvalue weighted by Crippen LogP contribution is 2.44. The molecule has 3 aliphatic rings. The van der Waals surface area contributed by atoms with E-state index >= 15 is 0 Å². The minimum Gasteiger partial charge on any atom is -0.392 e. The van der Waals surface area contributed by atoms with Crippen molar-refractivity contribution in [1.82, 2.24) is 0 Å². The Hall–Kier alpha value is -0.860. The van der Waals surface area contributed by atoms with Crippen molar-refractivity contribution in [3.05, 3.63) is 34.9 Å². The van der Waals surface area contributed by atoms with Crippen LogP contribution >= 0.6 is 0 Å². The van der Waals surface area contributed by atoms with Gasteiger partial charge in [-0.05, 0) is 149 Å². The zero-order chi connectivity index (χ0) is 33.9. The van der Waals surface area contributed by atoms with Crippen molar-refractivity contribution in [3.63, 3.8) is 0 Å². The fourth-order valence-electron chi connectivity index (χ4n) is 9.43. The molecule has 0 aliphatic heterocycles. The molecule has 2 heteroatoms. The summed E-state index contributed by atoms with van der Waals surface area (Å²) in [6.07, 6.45) is 21.3. The zero-order valence-corrected chi connectivity index (χ0v) is 32.2. The smallest absolute Gasteiger partial charge is 0.0719 e. The van der Waals surface area contributed by atoms with E-state index in [-0.39, 0.29) is 12.7 Å². The normalized spacial score (nSPS) is 32.3. The Balaban J connectivity index is 0.000000330. The average molecular weight is 615 g/mol. The molecule has 0 saturated heterocycles. The lowest BCUT2D eigenvalue weighted by Crippen LogP contribution is -2.27. The first-order valence-electron chi connectivity index (χ1n) is 18.5. The summed E-state index contributed by atoms with van der Waals surface area (Å²) in [5, 5.41) is 18.5. The number of allylic oxidation sites excluding steroid dienone is 4. The lowest BCUT2D eigenvalue weighted by atomic mass is 9.67. The van der Waals surface area contributed by atoms with Gasteiger partial charge in [-0.3, -0.25) is 0 Å². The predicted octanol–water partition coefficient (Wildman–Crippen LogP) is 12.4. The van der Waals surface area contributed by atoms with Crippen molar-refractivity contribution in [2.24, 2.45) is 51.8 Å². The molecule has 0 aromatic carbocycles. The van der Waals surface area contributed by atoms with Crippen molar-refractivity contribution in [1.29, 1.82) is 0 Å². The zero-order valence-electron chi connectivity index (χ0n) is 32.2. The van der Waals surface area contributed by atoms with E-state index in [0.29, 0.717) is 28.1 Å². The molecule has 44 heavy (non-hydrogen) atoms. The van der Waals surface area contributed by atoms with E-state index in [1.807, 2.05) is 20.8 Å². The molecule has 0 bridgehead atoms. The van der Waals surface area contributed by atoms with Crippen LogP contribution in [-0.4, -0.2) is 22.9 Å². The molecule has 0 spiro atoms. The van der Waals surface area contributed by atoms with Crippen LogP contribution in [0.1, 0.15) is 168 Å². The van der Waals surface area contributed by atoms with Crippen molar-refractivity contribution < 1.29 is 10.2 Å². The van der Waals surface area contributed by atoms with Crippen LogP contribution in [0.4, 0.5) is 0 Å². The van der Waals surface area contributed by atoms with Crippen LogP contribution in [0.15, 0.2) is 34.9 Å². The topological polar surface area (TPSA) is 40.5 Å². The summed E-state index contributed by atoms with van der Waals surface area (Å²) in [5.41, 5.74) is 5.42. The molecule has 7 unspecified atom stereocenters. The molecule has 3 aliphatic carbocycles. The lowest BCUT2D eigenvalue weighted by molar-refractivity contribution is 0.154. The molecule has 0 radical (unpaired) electrons. The summed E-state index contributed by atoms with van der Waals surface area (Å²) >= 11 is 0. The number of rotatable bonds is 7. The van der Waals surface area contributed by atoms with Crippen LogP contribution in [0.3, 0.4) is 0 Å².